The fraction of sp³-hybridized carbons (Fsp3) is 0.105. The fourth-order valence-electron chi connectivity index (χ4n) is 2.36. The zero-order valence-corrected chi connectivity index (χ0v) is 15.1. The first kappa shape index (κ1) is 17.7. The summed E-state index contributed by atoms with van der Waals surface area (Å²) in [7, 11) is 1.57. The van der Waals surface area contributed by atoms with E-state index in [0.717, 1.165) is 5.69 Å². The highest BCUT2D eigenvalue weighted by Gasteiger charge is 2.13. The van der Waals surface area contributed by atoms with Crippen molar-refractivity contribution in [1.29, 1.82) is 0 Å². The second-order valence-electron chi connectivity index (χ2n) is 5.46. The summed E-state index contributed by atoms with van der Waals surface area (Å²) in [4.78, 5) is 12.1. The highest BCUT2D eigenvalue weighted by atomic mass is 35.5. The molecular formula is C19H17ClN4O2. The average Bonchev–Trinajstić information content (AvgIpc) is 2.97. The molecule has 26 heavy (non-hydrogen) atoms. The number of aromatic nitrogens is 2. The van der Waals surface area contributed by atoms with E-state index in [1.54, 1.807) is 36.1 Å². The minimum absolute atomic E-state index is 0.326. The molecule has 0 radical (unpaired) electrons. The number of methoxy groups -OCH3 is 1. The molecule has 0 saturated carbocycles. The summed E-state index contributed by atoms with van der Waals surface area (Å²) >= 11 is 6.41. The molecule has 1 heterocycles. The predicted octanol–water partition coefficient (Wildman–Crippen LogP) is 3.61. The Hall–Kier alpha value is -3.12. The van der Waals surface area contributed by atoms with Gasteiger partial charge in [-0.3, -0.25) is 4.79 Å². The second-order valence-corrected chi connectivity index (χ2v) is 5.82. The number of ether oxygens (including phenoxy) is 1. The third-order valence-corrected chi connectivity index (χ3v) is 4.12. The molecule has 3 aromatic rings. The summed E-state index contributed by atoms with van der Waals surface area (Å²) in [5.74, 6) is 0.355. The largest absolute Gasteiger partial charge is 0.497 e. The van der Waals surface area contributed by atoms with Gasteiger partial charge in [-0.05, 0) is 43.3 Å². The maximum Gasteiger partial charge on any atom is 0.271 e. The number of aryl methyl sites for hydroxylation is 1. The molecule has 7 heteroatoms. The van der Waals surface area contributed by atoms with Crippen LogP contribution in [0, 0.1) is 6.92 Å². The van der Waals surface area contributed by atoms with Crippen LogP contribution in [-0.4, -0.2) is 29.0 Å². The van der Waals surface area contributed by atoms with Crippen molar-refractivity contribution in [3.8, 4) is 11.4 Å². The number of nitrogens with one attached hydrogen (secondary N) is 1. The molecule has 2 aromatic carbocycles. The molecule has 0 unspecified atom stereocenters. The molecule has 1 aromatic heterocycles. The smallest absolute Gasteiger partial charge is 0.271 e. The van der Waals surface area contributed by atoms with Gasteiger partial charge in [0, 0.05) is 5.56 Å². The van der Waals surface area contributed by atoms with Gasteiger partial charge in [-0.1, -0.05) is 29.8 Å². The Labute approximate surface area is 156 Å². The number of hydrogen-bond donors (Lipinski definition) is 1. The highest BCUT2D eigenvalue weighted by Crippen LogP contribution is 2.21. The molecule has 0 aliphatic rings. The summed E-state index contributed by atoms with van der Waals surface area (Å²) in [5, 5.41) is 8.84. The van der Waals surface area contributed by atoms with Gasteiger partial charge in [-0.15, -0.1) is 0 Å². The Balaban J connectivity index is 1.74. The van der Waals surface area contributed by atoms with Crippen molar-refractivity contribution in [1.82, 2.24) is 15.2 Å². The molecule has 3 rings (SSSR count). The SMILES string of the molecule is COc1ccc(C(=O)N/N=C\c2c(C)nn(-c3ccccc3)c2Cl)cc1. The number of rotatable bonds is 5. The van der Waals surface area contributed by atoms with Gasteiger partial charge >= 0.3 is 0 Å². The van der Waals surface area contributed by atoms with Gasteiger partial charge in [0.1, 0.15) is 10.9 Å². The van der Waals surface area contributed by atoms with Gasteiger partial charge in [0.15, 0.2) is 0 Å². The number of carbonyl (C=O) groups is 1. The summed E-state index contributed by atoms with van der Waals surface area (Å²) in [6.45, 7) is 1.83. The molecule has 0 atom stereocenters. The minimum atomic E-state index is -0.326. The lowest BCUT2D eigenvalue weighted by atomic mass is 10.2. The quantitative estimate of drug-likeness (QED) is 0.552. The van der Waals surface area contributed by atoms with Crippen LogP contribution in [0.25, 0.3) is 5.69 Å². The third kappa shape index (κ3) is 3.75. The monoisotopic (exact) mass is 368 g/mol. The predicted molar refractivity (Wildman–Crippen MR) is 101 cm³/mol. The Morgan fingerprint density at radius 1 is 1.19 bits per heavy atom. The maximum atomic E-state index is 12.1. The van der Waals surface area contributed by atoms with E-state index in [2.05, 4.69) is 15.6 Å². The Kier molecular flexibility index (Phi) is 5.34. The van der Waals surface area contributed by atoms with Gasteiger partial charge in [-0.25, -0.2) is 10.1 Å². The number of nitrogens with zero attached hydrogens (tertiary/aromatic N) is 3. The Morgan fingerprint density at radius 3 is 2.54 bits per heavy atom. The van der Waals surface area contributed by atoms with Crippen LogP contribution in [0.1, 0.15) is 21.6 Å². The molecule has 0 saturated heterocycles. The van der Waals surface area contributed by atoms with E-state index in [4.69, 9.17) is 16.3 Å². The van der Waals surface area contributed by atoms with Crippen LogP contribution in [-0.2, 0) is 0 Å². The molecule has 0 spiro atoms. The normalized spacial score (nSPS) is 10.9. The van der Waals surface area contributed by atoms with Crippen LogP contribution in [0.2, 0.25) is 5.15 Å². The zero-order valence-electron chi connectivity index (χ0n) is 14.3. The molecule has 1 amide bonds. The Morgan fingerprint density at radius 2 is 1.88 bits per heavy atom. The summed E-state index contributed by atoms with van der Waals surface area (Å²) < 4.78 is 6.70. The van der Waals surface area contributed by atoms with E-state index in [-0.39, 0.29) is 5.91 Å². The first-order chi connectivity index (χ1) is 12.6. The lowest BCUT2D eigenvalue weighted by molar-refractivity contribution is 0.0955. The first-order valence-electron chi connectivity index (χ1n) is 7.88. The molecule has 0 aliphatic heterocycles. The highest BCUT2D eigenvalue weighted by molar-refractivity contribution is 6.32. The molecule has 1 N–H and O–H groups in total. The number of carbonyl (C=O) groups excluding carboxylic acids is 1. The van der Waals surface area contributed by atoms with Crippen LogP contribution < -0.4 is 10.2 Å². The maximum absolute atomic E-state index is 12.1. The van der Waals surface area contributed by atoms with Gasteiger partial charge in [-0.2, -0.15) is 10.2 Å². The van der Waals surface area contributed by atoms with E-state index >= 15 is 0 Å². The van der Waals surface area contributed by atoms with Crippen LogP contribution in [0.4, 0.5) is 0 Å². The molecule has 6 nitrogen and oxygen atoms in total. The number of hydrazone groups is 1. The first-order valence-corrected chi connectivity index (χ1v) is 8.26. The number of hydrogen-bond acceptors (Lipinski definition) is 4. The number of para-hydroxylation sites is 1. The molecular weight excluding hydrogens is 352 g/mol. The second kappa shape index (κ2) is 7.84. The van der Waals surface area contributed by atoms with Crippen LogP contribution >= 0.6 is 11.6 Å². The summed E-state index contributed by atoms with van der Waals surface area (Å²) in [6.07, 6.45) is 1.49. The van der Waals surface area contributed by atoms with Crippen molar-refractivity contribution in [2.45, 2.75) is 6.92 Å². The topological polar surface area (TPSA) is 68.5 Å². The van der Waals surface area contributed by atoms with E-state index in [9.17, 15) is 4.79 Å². The van der Waals surface area contributed by atoms with Crippen molar-refractivity contribution >= 4 is 23.7 Å². The van der Waals surface area contributed by atoms with Crippen molar-refractivity contribution in [2.24, 2.45) is 5.10 Å². The van der Waals surface area contributed by atoms with E-state index in [1.165, 1.54) is 6.21 Å². The van der Waals surface area contributed by atoms with E-state index in [0.29, 0.717) is 27.7 Å². The summed E-state index contributed by atoms with van der Waals surface area (Å²) in [5.41, 5.74) is 5.16. The molecule has 132 valence electrons. The zero-order chi connectivity index (χ0) is 18.5. The van der Waals surface area contributed by atoms with Crippen LogP contribution in [0.5, 0.6) is 5.75 Å². The van der Waals surface area contributed by atoms with Crippen molar-refractivity contribution < 1.29 is 9.53 Å². The molecule has 0 fully saturated rings. The van der Waals surface area contributed by atoms with Gasteiger partial charge in [0.25, 0.3) is 5.91 Å². The van der Waals surface area contributed by atoms with Crippen molar-refractivity contribution in [3.63, 3.8) is 0 Å². The molecule has 0 aliphatic carbocycles. The number of halogens is 1. The van der Waals surface area contributed by atoms with E-state index in [1.807, 2.05) is 37.3 Å². The third-order valence-electron chi connectivity index (χ3n) is 3.76. The average molecular weight is 369 g/mol. The van der Waals surface area contributed by atoms with Crippen LogP contribution in [0.15, 0.2) is 59.7 Å². The fourth-order valence-corrected chi connectivity index (χ4v) is 2.68. The van der Waals surface area contributed by atoms with Crippen LogP contribution in [0.3, 0.4) is 0 Å². The van der Waals surface area contributed by atoms with E-state index < -0.39 is 0 Å². The number of benzene rings is 2. The van der Waals surface area contributed by atoms with Gasteiger partial charge < -0.3 is 4.74 Å². The van der Waals surface area contributed by atoms with Crippen molar-refractivity contribution in [2.75, 3.05) is 7.11 Å². The molecule has 0 bridgehead atoms. The van der Waals surface area contributed by atoms with Gasteiger partial charge in [0.2, 0.25) is 0 Å². The minimum Gasteiger partial charge on any atom is -0.497 e. The lowest BCUT2D eigenvalue weighted by Crippen LogP contribution is -2.17. The standard InChI is InChI=1S/C19H17ClN4O2/c1-13-17(18(20)24(23-13)15-6-4-3-5-7-15)12-21-22-19(25)14-8-10-16(26-2)11-9-14/h3-12H,1-2H3,(H,22,25)/b21-12-. The lowest BCUT2D eigenvalue weighted by Gasteiger charge is -2.02. The van der Waals surface area contributed by atoms with Gasteiger partial charge in [0.05, 0.1) is 30.3 Å². The number of amides is 1. The van der Waals surface area contributed by atoms with Crippen molar-refractivity contribution in [3.05, 3.63) is 76.6 Å². The summed E-state index contributed by atoms with van der Waals surface area (Å²) in [6, 6.07) is 16.3. The Bertz CT molecular complexity index is 934.